The first-order valence-electron chi connectivity index (χ1n) is 9.77. The summed E-state index contributed by atoms with van der Waals surface area (Å²) < 4.78 is 5.54. The Hall–Kier alpha value is -2.47. The van der Waals surface area contributed by atoms with Gasteiger partial charge in [0.1, 0.15) is 17.7 Å². The number of anilines is 2. The molecular formula is C21H26N4O2. The zero-order valence-corrected chi connectivity index (χ0v) is 15.7. The van der Waals surface area contributed by atoms with Gasteiger partial charge in [0, 0.05) is 37.5 Å². The number of aryl methyl sites for hydroxylation is 1. The highest BCUT2D eigenvalue weighted by Crippen LogP contribution is 2.29. The molecule has 0 aromatic carbocycles. The number of piperidine rings is 1. The van der Waals surface area contributed by atoms with Gasteiger partial charge < -0.3 is 15.0 Å². The number of pyridine rings is 2. The lowest BCUT2D eigenvalue weighted by molar-refractivity contribution is -0.142. The predicted octanol–water partition coefficient (Wildman–Crippen LogP) is 3.41. The van der Waals surface area contributed by atoms with Gasteiger partial charge in [0.2, 0.25) is 0 Å². The zero-order valence-electron chi connectivity index (χ0n) is 15.7. The highest BCUT2D eigenvalue weighted by atomic mass is 16.5. The Morgan fingerprint density at radius 3 is 2.78 bits per heavy atom. The monoisotopic (exact) mass is 366 g/mol. The van der Waals surface area contributed by atoms with Gasteiger partial charge in [0.15, 0.2) is 0 Å². The van der Waals surface area contributed by atoms with Crippen LogP contribution in [0.5, 0.6) is 0 Å². The second-order valence-corrected chi connectivity index (χ2v) is 7.34. The summed E-state index contributed by atoms with van der Waals surface area (Å²) in [6.45, 7) is 4.30. The Labute approximate surface area is 160 Å². The van der Waals surface area contributed by atoms with Crippen LogP contribution < -0.4 is 5.32 Å². The van der Waals surface area contributed by atoms with E-state index in [1.165, 1.54) is 0 Å². The number of hydrogen-bond acceptors (Lipinski definition) is 5. The molecule has 2 aliphatic rings. The van der Waals surface area contributed by atoms with E-state index in [4.69, 9.17) is 9.72 Å². The minimum absolute atomic E-state index is 0.167. The number of hydrogen-bond donors (Lipinski definition) is 1. The summed E-state index contributed by atoms with van der Waals surface area (Å²) in [7, 11) is 0. The van der Waals surface area contributed by atoms with Crippen molar-refractivity contribution in [3.63, 3.8) is 0 Å². The van der Waals surface area contributed by atoms with Gasteiger partial charge in [-0.25, -0.2) is 9.97 Å². The number of carbonyl (C=O) groups excluding carboxylic acids is 1. The standard InChI is InChI=1S/C21H26N4O2/c1-15-5-3-11-22-20(15)24-19-8-2-6-17(23-19)16-9-12-25(13-10-16)21(26)18-7-4-14-27-18/h2-3,5-6,8,11,16,18H,4,7,9-10,12-14H2,1H3,(H,22,23,24)/t18-/m1/s1. The molecule has 4 heterocycles. The molecule has 2 aromatic heterocycles. The van der Waals surface area contributed by atoms with Crippen molar-refractivity contribution >= 4 is 17.5 Å². The molecule has 1 atom stereocenters. The number of aromatic nitrogens is 2. The minimum atomic E-state index is -0.214. The van der Waals surface area contributed by atoms with E-state index in [9.17, 15) is 4.79 Å². The van der Waals surface area contributed by atoms with Crippen molar-refractivity contribution in [3.8, 4) is 0 Å². The molecule has 0 bridgehead atoms. The molecule has 6 heteroatoms. The van der Waals surface area contributed by atoms with E-state index in [1.807, 2.05) is 36.1 Å². The highest BCUT2D eigenvalue weighted by molar-refractivity contribution is 5.81. The molecule has 6 nitrogen and oxygen atoms in total. The SMILES string of the molecule is Cc1cccnc1Nc1cccc(C2CCN(C(=O)[C@H]3CCCO3)CC2)n1. The zero-order chi connectivity index (χ0) is 18.6. The third-order valence-corrected chi connectivity index (χ3v) is 5.46. The van der Waals surface area contributed by atoms with Crippen LogP contribution in [0, 0.1) is 6.92 Å². The van der Waals surface area contributed by atoms with E-state index in [1.54, 1.807) is 6.20 Å². The fourth-order valence-electron chi connectivity index (χ4n) is 3.86. The van der Waals surface area contributed by atoms with Gasteiger partial charge in [-0.15, -0.1) is 0 Å². The summed E-state index contributed by atoms with van der Waals surface area (Å²) in [6, 6.07) is 10.0. The quantitative estimate of drug-likeness (QED) is 0.898. The molecule has 1 amide bonds. The second-order valence-electron chi connectivity index (χ2n) is 7.34. The van der Waals surface area contributed by atoms with Gasteiger partial charge in [-0.05, 0) is 56.4 Å². The van der Waals surface area contributed by atoms with Crippen molar-refractivity contribution in [1.29, 1.82) is 0 Å². The van der Waals surface area contributed by atoms with Crippen molar-refractivity contribution in [1.82, 2.24) is 14.9 Å². The van der Waals surface area contributed by atoms with Crippen LogP contribution in [0.1, 0.15) is 42.9 Å². The number of rotatable bonds is 4. The Morgan fingerprint density at radius 2 is 2.04 bits per heavy atom. The van der Waals surface area contributed by atoms with Crippen LogP contribution in [-0.2, 0) is 9.53 Å². The van der Waals surface area contributed by atoms with Crippen LogP contribution in [0.2, 0.25) is 0 Å². The van der Waals surface area contributed by atoms with Gasteiger partial charge in [-0.1, -0.05) is 12.1 Å². The molecule has 1 N–H and O–H groups in total. The average Bonchev–Trinajstić information content (AvgIpc) is 3.24. The van der Waals surface area contributed by atoms with Gasteiger partial charge >= 0.3 is 0 Å². The summed E-state index contributed by atoms with van der Waals surface area (Å²) in [5.41, 5.74) is 2.17. The Bertz CT molecular complexity index is 796. The predicted molar refractivity (Wildman–Crippen MR) is 104 cm³/mol. The molecule has 4 rings (SSSR count). The molecule has 27 heavy (non-hydrogen) atoms. The van der Waals surface area contributed by atoms with Crippen molar-refractivity contribution < 1.29 is 9.53 Å². The lowest BCUT2D eigenvalue weighted by Gasteiger charge is -2.33. The van der Waals surface area contributed by atoms with Crippen LogP contribution in [0.25, 0.3) is 0 Å². The van der Waals surface area contributed by atoms with E-state index in [0.29, 0.717) is 12.5 Å². The molecule has 0 spiro atoms. The molecule has 2 fully saturated rings. The smallest absolute Gasteiger partial charge is 0.251 e. The average molecular weight is 366 g/mol. The lowest BCUT2D eigenvalue weighted by Crippen LogP contribution is -2.43. The van der Waals surface area contributed by atoms with Crippen LogP contribution in [0.3, 0.4) is 0 Å². The maximum absolute atomic E-state index is 12.5. The van der Waals surface area contributed by atoms with E-state index in [2.05, 4.69) is 16.4 Å². The maximum Gasteiger partial charge on any atom is 0.251 e. The van der Waals surface area contributed by atoms with Crippen LogP contribution >= 0.6 is 0 Å². The molecular weight excluding hydrogens is 340 g/mol. The first-order valence-corrected chi connectivity index (χ1v) is 9.77. The summed E-state index contributed by atoms with van der Waals surface area (Å²) in [6.07, 6.45) is 5.30. The van der Waals surface area contributed by atoms with Crippen molar-refractivity contribution in [3.05, 3.63) is 47.8 Å². The normalized spacial score (nSPS) is 20.6. The van der Waals surface area contributed by atoms with Crippen LogP contribution in [0.15, 0.2) is 36.5 Å². The summed E-state index contributed by atoms with van der Waals surface area (Å²) in [5.74, 6) is 2.19. The molecule has 0 aliphatic carbocycles. The van der Waals surface area contributed by atoms with Crippen molar-refractivity contribution in [2.45, 2.75) is 44.6 Å². The number of amides is 1. The lowest BCUT2D eigenvalue weighted by atomic mass is 9.92. The topological polar surface area (TPSA) is 67.4 Å². The maximum atomic E-state index is 12.5. The molecule has 0 unspecified atom stereocenters. The number of ether oxygens (including phenoxy) is 1. The molecule has 142 valence electrons. The van der Waals surface area contributed by atoms with Crippen molar-refractivity contribution in [2.24, 2.45) is 0 Å². The third-order valence-electron chi connectivity index (χ3n) is 5.46. The summed E-state index contributed by atoms with van der Waals surface area (Å²) >= 11 is 0. The molecule has 2 aromatic rings. The number of nitrogens with zero attached hydrogens (tertiary/aromatic N) is 3. The summed E-state index contributed by atoms with van der Waals surface area (Å²) in [5, 5.41) is 3.31. The highest BCUT2D eigenvalue weighted by Gasteiger charge is 2.31. The van der Waals surface area contributed by atoms with Crippen LogP contribution in [-0.4, -0.2) is 46.6 Å². The van der Waals surface area contributed by atoms with Crippen LogP contribution in [0.4, 0.5) is 11.6 Å². The van der Waals surface area contributed by atoms with Gasteiger partial charge in [0.25, 0.3) is 5.91 Å². The minimum Gasteiger partial charge on any atom is -0.368 e. The molecule has 0 saturated carbocycles. The molecule has 2 aliphatic heterocycles. The fraction of sp³-hybridized carbons (Fsp3) is 0.476. The number of carbonyl (C=O) groups is 1. The van der Waals surface area contributed by atoms with E-state index in [0.717, 1.165) is 61.7 Å². The van der Waals surface area contributed by atoms with E-state index in [-0.39, 0.29) is 12.0 Å². The largest absolute Gasteiger partial charge is 0.368 e. The first kappa shape index (κ1) is 17.9. The van der Waals surface area contributed by atoms with E-state index < -0.39 is 0 Å². The van der Waals surface area contributed by atoms with Gasteiger partial charge in [-0.2, -0.15) is 0 Å². The van der Waals surface area contributed by atoms with Gasteiger partial charge in [-0.3, -0.25) is 4.79 Å². The number of likely N-dealkylation sites (tertiary alicyclic amines) is 1. The fourth-order valence-corrected chi connectivity index (χ4v) is 3.86. The summed E-state index contributed by atoms with van der Waals surface area (Å²) in [4.78, 5) is 23.6. The second kappa shape index (κ2) is 8.05. The molecule has 0 radical (unpaired) electrons. The van der Waals surface area contributed by atoms with Gasteiger partial charge in [0.05, 0.1) is 0 Å². The third kappa shape index (κ3) is 4.11. The van der Waals surface area contributed by atoms with Crippen molar-refractivity contribution in [2.75, 3.05) is 25.0 Å². The number of nitrogens with one attached hydrogen (secondary N) is 1. The Kier molecular flexibility index (Phi) is 5.34. The Balaban J connectivity index is 1.38. The van der Waals surface area contributed by atoms with E-state index >= 15 is 0 Å². The Morgan fingerprint density at radius 1 is 1.19 bits per heavy atom. The molecule has 2 saturated heterocycles. The first-order chi connectivity index (χ1) is 13.2.